The molecule has 2 atom stereocenters. The molecule has 0 saturated carbocycles. The van der Waals surface area contributed by atoms with Gasteiger partial charge in [-0.05, 0) is 55.9 Å². The highest BCUT2D eigenvalue weighted by molar-refractivity contribution is 9.11. The van der Waals surface area contributed by atoms with Gasteiger partial charge in [0.25, 0.3) is 11.8 Å². The molecule has 3 aliphatic carbocycles. The van der Waals surface area contributed by atoms with Crippen LogP contribution in [0.15, 0.2) is 105 Å². The van der Waals surface area contributed by atoms with Gasteiger partial charge in [-0.25, -0.2) is 0 Å². The Morgan fingerprint density at radius 3 is 1.79 bits per heavy atom. The average molecular weight is 642 g/mol. The zero-order chi connectivity index (χ0) is 26.7. The molecule has 4 aromatic rings. The first-order valence-corrected chi connectivity index (χ1v) is 14.4. The summed E-state index contributed by atoms with van der Waals surface area (Å²) in [6, 6.07) is 30.1. The van der Waals surface area contributed by atoms with Gasteiger partial charge in [0.15, 0.2) is 0 Å². The second-order valence-electron chi connectivity index (χ2n) is 10.1. The van der Waals surface area contributed by atoms with E-state index in [0.29, 0.717) is 17.9 Å². The van der Waals surface area contributed by atoms with E-state index in [9.17, 15) is 9.59 Å². The second kappa shape index (κ2) is 9.57. The number of imide groups is 1. The highest BCUT2D eigenvalue weighted by Gasteiger charge is 2.61. The smallest absolute Gasteiger partial charge is 0.254 e. The van der Waals surface area contributed by atoms with Crippen LogP contribution >= 0.6 is 31.9 Å². The van der Waals surface area contributed by atoms with E-state index in [2.05, 4.69) is 61.2 Å². The van der Waals surface area contributed by atoms with E-state index in [1.807, 2.05) is 66.7 Å². The fraction of sp³-hybridized carbons (Fsp3) is 0.156. The molecule has 0 radical (unpaired) electrons. The number of rotatable bonds is 5. The van der Waals surface area contributed by atoms with Gasteiger partial charge < -0.3 is 4.74 Å². The molecule has 0 N–H and O–H groups in total. The quantitative estimate of drug-likeness (QED) is 0.174. The zero-order valence-electron chi connectivity index (χ0n) is 20.6. The van der Waals surface area contributed by atoms with E-state index < -0.39 is 11.8 Å². The van der Waals surface area contributed by atoms with E-state index in [1.54, 1.807) is 6.21 Å². The number of ether oxygens (including phenoxy) is 1. The van der Waals surface area contributed by atoms with Crippen molar-refractivity contribution in [1.29, 1.82) is 0 Å². The van der Waals surface area contributed by atoms with Gasteiger partial charge in [0.2, 0.25) is 0 Å². The minimum atomic E-state index is -0.465. The number of halogens is 2. The van der Waals surface area contributed by atoms with Gasteiger partial charge in [0, 0.05) is 21.9 Å². The van der Waals surface area contributed by atoms with Crippen molar-refractivity contribution in [2.24, 2.45) is 16.9 Å². The fourth-order valence-electron chi connectivity index (χ4n) is 6.45. The van der Waals surface area contributed by atoms with Gasteiger partial charge >= 0.3 is 0 Å². The monoisotopic (exact) mass is 640 g/mol. The summed E-state index contributed by atoms with van der Waals surface area (Å²) in [4.78, 5) is 27.7. The summed E-state index contributed by atoms with van der Waals surface area (Å²) in [7, 11) is 0. The van der Waals surface area contributed by atoms with Gasteiger partial charge in [-0.15, -0.1) is 0 Å². The molecule has 1 fully saturated rings. The van der Waals surface area contributed by atoms with E-state index in [0.717, 1.165) is 41.8 Å². The summed E-state index contributed by atoms with van der Waals surface area (Å²) in [5.74, 6) is -1.16. The predicted molar refractivity (Wildman–Crippen MR) is 156 cm³/mol. The Balaban J connectivity index is 1.24. The number of benzene rings is 4. The van der Waals surface area contributed by atoms with Crippen LogP contribution in [-0.2, 0) is 16.2 Å². The summed E-state index contributed by atoms with van der Waals surface area (Å²) >= 11 is 7.12. The average Bonchev–Trinajstić information content (AvgIpc) is 3.21. The lowest BCUT2D eigenvalue weighted by Crippen LogP contribution is -2.41. The lowest BCUT2D eigenvalue weighted by Gasteiger charge is -2.45. The molecule has 0 unspecified atom stereocenters. The molecule has 5 nitrogen and oxygen atoms in total. The number of carbonyl (C=O) groups excluding carboxylic acids is 2. The zero-order valence-corrected chi connectivity index (χ0v) is 23.8. The Morgan fingerprint density at radius 1 is 0.744 bits per heavy atom. The maximum atomic E-state index is 13.9. The SMILES string of the molecule is O=C1[C@H]2C3c4ccccc4C(c4ccccc43)[C@@H]2C(=O)N1/N=C\c1cc(Br)cc(Br)c1OCc1ccccc1. The first kappa shape index (κ1) is 24.5. The van der Waals surface area contributed by atoms with Crippen LogP contribution in [0.5, 0.6) is 5.75 Å². The van der Waals surface area contributed by atoms with Crippen LogP contribution < -0.4 is 4.74 Å². The van der Waals surface area contributed by atoms with Crippen molar-refractivity contribution in [2.75, 3.05) is 0 Å². The largest absolute Gasteiger partial charge is 0.487 e. The van der Waals surface area contributed by atoms with Crippen molar-refractivity contribution in [3.8, 4) is 5.75 Å². The van der Waals surface area contributed by atoms with E-state index in [1.165, 1.54) is 0 Å². The summed E-state index contributed by atoms with van der Waals surface area (Å²) in [6.07, 6.45) is 1.55. The van der Waals surface area contributed by atoms with Crippen LogP contribution in [0.25, 0.3) is 0 Å². The maximum Gasteiger partial charge on any atom is 0.254 e. The first-order chi connectivity index (χ1) is 19.0. The molecule has 7 heteroatoms. The third-order valence-electron chi connectivity index (χ3n) is 8.00. The highest BCUT2D eigenvalue weighted by Crippen LogP contribution is 2.61. The third kappa shape index (κ3) is 3.90. The van der Waals surface area contributed by atoms with Crippen LogP contribution in [0.3, 0.4) is 0 Å². The molecule has 1 aliphatic heterocycles. The van der Waals surface area contributed by atoms with Gasteiger partial charge in [-0.3, -0.25) is 9.59 Å². The Labute approximate surface area is 242 Å². The van der Waals surface area contributed by atoms with Crippen LogP contribution in [-0.4, -0.2) is 23.0 Å². The number of hydrazone groups is 1. The summed E-state index contributed by atoms with van der Waals surface area (Å²) < 4.78 is 7.71. The molecule has 1 heterocycles. The van der Waals surface area contributed by atoms with Crippen molar-refractivity contribution in [2.45, 2.75) is 18.4 Å². The van der Waals surface area contributed by atoms with E-state index >= 15 is 0 Å². The van der Waals surface area contributed by atoms with Crippen LogP contribution in [0.4, 0.5) is 0 Å². The van der Waals surface area contributed by atoms with Crippen molar-refractivity contribution in [3.63, 3.8) is 0 Å². The lowest BCUT2D eigenvalue weighted by atomic mass is 9.55. The number of hydrogen-bond acceptors (Lipinski definition) is 4. The third-order valence-corrected chi connectivity index (χ3v) is 9.05. The Hall–Kier alpha value is -3.55. The summed E-state index contributed by atoms with van der Waals surface area (Å²) in [5.41, 5.74) is 6.24. The molecule has 8 rings (SSSR count). The molecule has 0 spiro atoms. The van der Waals surface area contributed by atoms with Crippen molar-refractivity contribution in [1.82, 2.24) is 5.01 Å². The molecule has 2 bridgehead atoms. The fourth-order valence-corrected chi connectivity index (χ4v) is 7.83. The molecule has 4 aliphatic rings. The maximum absolute atomic E-state index is 13.9. The topological polar surface area (TPSA) is 59.0 Å². The Morgan fingerprint density at radius 2 is 1.26 bits per heavy atom. The summed E-state index contributed by atoms with van der Waals surface area (Å²) in [5, 5.41) is 5.57. The predicted octanol–water partition coefficient (Wildman–Crippen LogP) is 7.02. The normalized spacial score (nSPS) is 22.7. The minimum absolute atomic E-state index is 0.158. The highest BCUT2D eigenvalue weighted by atomic mass is 79.9. The van der Waals surface area contributed by atoms with Crippen molar-refractivity contribution >= 4 is 49.9 Å². The molecule has 2 amide bonds. The summed E-state index contributed by atoms with van der Waals surface area (Å²) in [6.45, 7) is 0.369. The molecule has 0 aromatic heterocycles. The van der Waals surface area contributed by atoms with E-state index in [-0.39, 0.29) is 23.7 Å². The van der Waals surface area contributed by atoms with Crippen LogP contribution in [0.1, 0.15) is 45.2 Å². The number of carbonyl (C=O) groups is 2. The van der Waals surface area contributed by atoms with Gasteiger partial charge in [0.1, 0.15) is 12.4 Å². The minimum Gasteiger partial charge on any atom is -0.487 e. The standard InChI is InChI=1S/C32H22Br2N2O3/c33-20-14-19(30(25(34)15-20)39-17-18-8-2-1-3-9-18)16-35-36-31(37)28-26-21-10-4-5-11-22(21)27(29(28)32(36)38)24-13-7-6-12-23(24)26/h1-16,26-29H,17H2/b35-16-/t26?,27?,28-,29-/m0/s1. The first-order valence-electron chi connectivity index (χ1n) is 12.8. The van der Waals surface area contributed by atoms with E-state index in [4.69, 9.17) is 4.74 Å². The lowest BCUT2D eigenvalue weighted by molar-refractivity contribution is -0.139. The molecular formula is C32H22Br2N2O3. The number of hydrogen-bond donors (Lipinski definition) is 0. The molecule has 4 aromatic carbocycles. The van der Waals surface area contributed by atoms with Gasteiger partial charge in [-0.1, -0.05) is 94.8 Å². The molecule has 192 valence electrons. The number of amides is 2. The Kier molecular flexibility index (Phi) is 6.01. The molecule has 1 saturated heterocycles. The van der Waals surface area contributed by atoms with Gasteiger partial charge in [0.05, 0.1) is 22.5 Å². The second-order valence-corrected chi connectivity index (χ2v) is 11.8. The molecule has 39 heavy (non-hydrogen) atoms. The van der Waals surface area contributed by atoms with Crippen molar-refractivity contribution in [3.05, 3.63) is 133 Å². The van der Waals surface area contributed by atoms with Gasteiger partial charge in [-0.2, -0.15) is 10.1 Å². The van der Waals surface area contributed by atoms with Crippen molar-refractivity contribution < 1.29 is 14.3 Å². The molecular weight excluding hydrogens is 620 g/mol. The Bertz CT molecular complexity index is 1550. The van der Waals surface area contributed by atoms with Crippen LogP contribution in [0.2, 0.25) is 0 Å². The number of nitrogens with zero attached hydrogens (tertiary/aromatic N) is 2. The van der Waals surface area contributed by atoms with Crippen LogP contribution in [0, 0.1) is 11.8 Å².